The Morgan fingerprint density at radius 1 is 1.32 bits per heavy atom. The van der Waals surface area contributed by atoms with Crippen LogP contribution in [0.1, 0.15) is 0 Å². The molecular weight excluding hydrogens is 342 g/mol. The minimum absolute atomic E-state index is 0.132. The fraction of sp³-hybridized carbons (Fsp3) is 0.471. The van der Waals surface area contributed by atoms with E-state index in [0.29, 0.717) is 16.1 Å². The Morgan fingerprint density at radius 3 is 2.84 bits per heavy atom. The van der Waals surface area contributed by atoms with Gasteiger partial charge in [0.15, 0.2) is 5.16 Å². The molecule has 1 aliphatic rings. The van der Waals surface area contributed by atoms with Gasteiger partial charge in [0.1, 0.15) is 6.54 Å². The molecule has 25 heavy (non-hydrogen) atoms. The van der Waals surface area contributed by atoms with Gasteiger partial charge in [0, 0.05) is 25.4 Å². The largest absolute Gasteiger partial charge is 0.468 e. The summed E-state index contributed by atoms with van der Waals surface area (Å²) >= 11 is 1.48. The number of hydrogen-bond donors (Lipinski definition) is 0. The van der Waals surface area contributed by atoms with Crippen molar-refractivity contribution in [2.24, 2.45) is 0 Å². The van der Waals surface area contributed by atoms with Crippen molar-refractivity contribution in [3.05, 3.63) is 34.6 Å². The molecule has 0 amide bonds. The molecule has 134 valence electrons. The Kier molecular flexibility index (Phi) is 6.06. The number of hydrogen-bond acceptors (Lipinski definition) is 7. The van der Waals surface area contributed by atoms with Gasteiger partial charge >= 0.3 is 5.97 Å². The third-order valence-electron chi connectivity index (χ3n) is 4.08. The van der Waals surface area contributed by atoms with Crippen molar-refractivity contribution in [1.29, 1.82) is 0 Å². The predicted octanol–water partition coefficient (Wildman–Crippen LogP) is 0.994. The Morgan fingerprint density at radius 2 is 2.08 bits per heavy atom. The van der Waals surface area contributed by atoms with Crippen LogP contribution < -0.4 is 5.56 Å². The van der Waals surface area contributed by atoms with Crippen LogP contribution in [0.3, 0.4) is 0 Å². The van der Waals surface area contributed by atoms with Gasteiger partial charge in [-0.3, -0.25) is 19.1 Å². The molecular formula is C17H21N3O4S. The number of para-hydroxylation sites is 1. The zero-order valence-corrected chi connectivity index (χ0v) is 15.0. The summed E-state index contributed by atoms with van der Waals surface area (Å²) in [6.07, 6.45) is 0. The lowest BCUT2D eigenvalue weighted by atomic mass is 10.2. The van der Waals surface area contributed by atoms with E-state index < -0.39 is 5.97 Å². The molecule has 0 N–H and O–H groups in total. The number of benzene rings is 1. The standard InChI is InChI=1S/C17H21N3O4S/c1-23-15(21)12-20-16(22)13-4-2-3-5-14(13)18-17(20)25-11-8-19-6-9-24-10-7-19/h2-5H,6-12H2,1H3. The molecule has 0 bridgehead atoms. The lowest BCUT2D eigenvalue weighted by Gasteiger charge is -2.26. The van der Waals surface area contributed by atoms with Crippen LogP contribution in [0.2, 0.25) is 0 Å². The highest BCUT2D eigenvalue weighted by Crippen LogP contribution is 2.18. The molecule has 1 saturated heterocycles. The average molecular weight is 363 g/mol. The fourth-order valence-electron chi connectivity index (χ4n) is 2.68. The third-order valence-corrected chi connectivity index (χ3v) is 5.04. The van der Waals surface area contributed by atoms with Gasteiger partial charge in [0.25, 0.3) is 5.56 Å². The first-order valence-electron chi connectivity index (χ1n) is 8.18. The maximum absolute atomic E-state index is 12.7. The van der Waals surface area contributed by atoms with Crippen molar-refractivity contribution in [2.75, 3.05) is 45.7 Å². The molecule has 3 rings (SSSR count). The molecule has 8 heteroatoms. The summed E-state index contributed by atoms with van der Waals surface area (Å²) in [5, 5.41) is 1.05. The number of ether oxygens (including phenoxy) is 2. The monoisotopic (exact) mass is 363 g/mol. The maximum atomic E-state index is 12.7. The van der Waals surface area contributed by atoms with Gasteiger partial charge in [-0.15, -0.1) is 0 Å². The van der Waals surface area contributed by atoms with E-state index >= 15 is 0 Å². The predicted molar refractivity (Wildman–Crippen MR) is 96.0 cm³/mol. The van der Waals surface area contributed by atoms with Gasteiger partial charge < -0.3 is 9.47 Å². The number of carbonyl (C=O) groups is 1. The summed E-state index contributed by atoms with van der Waals surface area (Å²) in [5.41, 5.74) is 0.423. The van der Waals surface area contributed by atoms with E-state index in [-0.39, 0.29) is 12.1 Å². The van der Waals surface area contributed by atoms with Crippen molar-refractivity contribution < 1.29 is 14.3 Å². The van der Waals surface area contributed by atoms with Crippen LogP contribution in [0.4, 0.5) is 0 Å². The third kappa shape index (κ3) is 4.39. The first kappa shape index (κ1) is 17.9. The molecule has 1 aliphatic heterocycles. The molecule has 0 aliphatic carbocycles. The molecule has 1 aromatic heterocycles. The molecule has 0 atom stereocenters. The van der Waals surface area contributed by atoms with E-state index in [4.69, 9.17) is 9.47 Å². The summed E-state index contributed by atoms with van der Waals surface area (Å²) in [7, 11) is 1.31. The Bertz CT molecular complexity index is 802. The number of aromatic nitrogens is 2. The van der Waals surface area contributed by atoms with Gasteiger partial charge in [-0.05, 0) is 12.1 Å². The summed E-state index contributed by atoms with van der Waals surface area (Å²) in [4.78, 5) is 31.3. The maximum Gasteiger partial charge on any atom is 0.325 e. The summed E-state index contributed by atoms with van der Waals surface area (Å²) in [6, 6.07) is 7.17. The summed E-state index contributed by atoms with van der Waals surface area (Å²) in [6.45, 7) is 4.10. The fourth-order valence-corrected chi connectivity index (χ4v) is 3.68. The van der Waals surface area contributed by atoms with Crippen LogP contribution >= 0.6 is 11.8 Å². The van der Waals surface area contributed by atoms with Gasteiger partial charge in [-0.1, -0.05) is 23.9 Å². The zero-order chi connectivity index (χ0) is 17.6. The molecule has 1 fully saturated rings. The van der Waals surface area contributed by atoms with Crippen LogP contribution in [0.5, 0.6) is 0 Å². The second-order valence-electron chi connectivity index (χ2n) is 5.68. The van der Waals surface area contributed by atoms with Crippen molar-refractivity contribution in [1.82, 2.24) is 14.5 Å². The van der Waals surface area contributed by atoms with E-state index in [1.54, 1.807) is 12.1 Å². The van der Waals surface area contributed by atoms with E-state index in [0.717, 1.165) is 38.6 Å². The number of carbonyl (C=O) groups excluding carboxylic acids is 1. The number of nitrogens with zero attached hydrogens (tertiary/aromatic N) is 3. The lowest BCUT2D eigenvalue weighted by Crippen LogP contribution is -2.37. The first-order chi connectivity index (χ1) is 12.2. The van der Waals surface area contributed by atoms with Gasteiger partial charge in [-0.2, -0.15) is 0 Å². The quantitative estimate of drug-likeness (QED) is 0.430. The Balaban J connectivity index is 1.82. The topological polar surface area (TPSA) is 73.7 Å². The lowest BCUT2D eigenvalue weighted by molar-refractivity contribution is -0.141. The van der Waals surface area contributed by atoms with Crippen LogP contribution in [0.15, 0.2) is 34.2 Å². The van der Waals surface area contributed by atoms with Crippen LogP contribution in [0, 0.1) is 0 Å². The number of morpholine rings is 1. The summed E-state index contributed by atoms with van der Waals surface area (Å²) in [5.74, 6) is 0.320. The average Bonchev–Trinajstić information content (AvgIpc) is 2.65. The molecule has 0 radical (unpaired) electrons. The highest BCUT2D eigenvalue weighted by Gasteiger charge is 2.16. The zero-order valence-electron chi connectivity index (χ0n) is 14.1. The van der Waals surface area contributed by atoms with Crippen molar-refractivity contribution in [3.63, 3.8) is 0 Å². The van der Waals surface area contributed by atoms with Gasteiger partial charge in [0.2, 0.25) is 0 Å². The number of rotatable bonds is 6. The normalized spacial score (nSPS) is 15.4. The van der Waals surface area contributed by atoms with E-state index in [9.17, 15) is 9.59 Å². The molecule has 1 aromatic carbocycles. The number of fused-ring (bicyclic) bond motifs is 1. The SMILES string of the molecule is COC(=O)Cn1c(SCCN2CCOCC2)nc2ccccc2c1=O. The number of thioether (sulfide) groups is 1. The van der Waals surface area contributed by atoms with Crippen molar-refractivity contribution in [3.8, 4) is 0 Å². The molecule has 0 spiro atoms. The molecule has 0 unspecified atom stereocenters. The highest BCUT2D eigenvalue weighted by atomic mass is 32.2. The first-order valence-corrected chi connectivity index (χ1v) is 9.17. The van der Waals surface area contributed by atoms with Crippen molar-refractivity contribution >= 4 is 28.6 Å². The molecule has 2 aromatic rings. The van der Waals surface area contributed by atoms with Gasteiger partial charge in [0.05, 0.1) is 31.2 Å². The highest BCUT2D eigenvalue weighted by molar-refractivity contribution is 7.99. The summed E-state index contributed by atoms with van der Waals surface area (Å²) < 4.78 is 11.5. The van der Waals surface area contributed by atoms with Gasteiger partial charge in [-0.25, -0.2) is 4.98 Å². The minimum atomic E-state index is -0.464. The number of esters is 1. The van der Waals surface area contributed by atoms with Crippen LogP contribution in [0.25, 0.3) is 10.9 Å². The molecule has 7 nitrogen and oxygen atoms in total. The second kappa shape index (κ2) is 8.46. The Hall–Kier alpha value is -1.90. The molecule has 0 saturated carbocycles. The Labute approximate surface area is 149 Å². The van der Waals surface area contributed by atoms with E-state index in [2.05, 4.69) is 9.88 Å². The smallest absolute Gasteiger partial charge is 0.325 e. The molecule has 2 heterocycles. The minimum Gasteiger partial charge on any atom is -0.468 e. The van der Waals surface area contributed by atoms with Crippen LogP contribution in [-0.2, 0) is 20.8 Å². The van der Waals surface area contributed by atoms with Crippen LogP contribution in [-0.4, -0.2) is 66.1 Å². The van der Waals surface area contributed by atoms with E-state index in [1.807, 2.05) is 12.1 Å². The van der Waals surface area contributed by atoms with Crippen molar-refractivity contribution in [2.45, 2.75) is 11.7 Å². The second-order valence-corrected chi connectivity index (χ2v) is 6.74. The number of methoxy groups -OCH3 is 1. The van der Waals surface area contributed by atoms with E-state index in [1.165, 1.54) is 23.4 Å².